The lowest BCUT2D eigenvalue weighted by Crippen LogP contribution is -2.43. The summed E-state index contributed by atoms with van der Waals surface area (Å²) in [6.07, 6.45) is 16.0. The molecule has 4 aliphatic rings. The van der Waals surface area contributed by atoms with Crippen LogP contribution in [0.1, 0.15) is 70.3 Å². The van der Waals surface area contributed by atoms with Gasteiger partial charge in [-0.1, -0.05) is 19.3 Å². The highest BCUT2D eigenvalue weighted by atomic mass is 16.7. The van der Waals surface area contributed by atoms with Crippen molar-refractivity contribution >= 4 is 22.4 Å². The van der Waals surface area contributed by atoms with Crippen molar-refractivity contribution in [3.05, 3.63) is 24.0 Å². The lowest BCUT2D eigenvalue weighted by Gasteiger charge is -2.39. The molecule has 8 heteroatoms. The Morgan fingerprint density at radius 3 is 2.62 bits per heavy atom. The maximum atomic E-state index is 6.20. The van der Waals surface area contributed by atoms with Gasteiger partial charge in [-0.05, 0) is 38.7 Å². The lowest BCUT2D eigenvalue weighted by molar-refractivity contribution is -0.205. The fraction of sp³-hybridized carbons (Fsp3) is 0.667. The topological polar surface area (TPSA) is 82.5 Å². The molecular weight excluding hydrogens is 406 g/mol. The largest absolute Gasteiger partial charge is 0.381 e. The Bertz CT molecular complexity index is 1010. The van der Waals surface area contributed by atoms with Crippen molar-refractivity contribution in [2.75, 3.05) is 18.5 Å². The summed E-state index contributed by atoms with van der Waals surface area (Å²) in [6, 6.07) is 0.487. The third-order valence-electron chi connectivity index (χ3n) is 7.65. The molecule has 6 rings (SSSR count). The molecule has 172 valence electrons. The summed E-state index contributed by atoms with van der Waals surface area (Å²) in [5, 5.41) is 9.52. The summed E-state index contributed by atoms with van der Waals surface area (Å²) < 4.78 is 13.8. The first-order valence-corrected chi connectivity index (χ1v) is 12.3. The number of fused-ring (bicyclic) bond motifs is 1. The van der Waals surface area contributed by atoms with E-state index in [0.29, 0.717) is 19.3 Å². The van der Waals surface area contributed by atoms with E-state index in [4.69, 9.17) is 19.3 Å². The Morgan fingerprint density at radius 2 is 1.88 bits per heavy atom. The second kappa shape index (κ2) is 8.01. The zero-order valence-electron chi connectivity index (χ0n) is 18.9. The van der Waals surface area contributed by atoms with Crippen LogP contribution in [0.5, 0.6) is 0 Å². The summed E-state index contributed by atoms with van der Waals surface area (Å²) in [4.78, 5) is 11.0. The van der Waals surface area contributed by atoms with Crippen molar-refractivity contribution in [2.45, 2.75) is 88.7 Å². The Kier molecular flexibility index (Phi) is 5.12. The third kappa shape index (κ3) is 3.49. The standard InChI is InChI=1S/C24H33N5O3/c1-2-29-22-19(16-26-29)21(27-17-6-4-3-5-7-17)18(15-25-22)20-14-23(32-28-20)8-10-24(11-9-23)30-12-13-31-24/h14-17,28H,2-13H2,1H3,(H,25,27). The molecular formula is C24H33N5O3. The summed E-state index contributed by atoms with van der Waals surface area (Å²) in [5.74, 6) is -0.395. The summed E-state index contributed by atoms with van der Waals surface area (Å²) >= 11 is 0. The van der Waals surface area contributed by atoms with Gasteiger partial charge in [-0.3, -0.25) is 10.3 Å². The number of hydrogen-bond donors (Lipinski definition) is 2. The highest BCUT2D eigenvalue weighted by Crippen LogP contribution is 2.46. The number of nitrogens with zero attached hydrogens (tertiary/aromatic N) is 3. The third-order valence-corrected chi connectivity index (χ3v) is 7.65. The number of anilines is 1. The first-order chi connectivity index (χ1) is 15.7. The van der Waals surface area contributed by atoms with Gasteiger partial charge in [0.05, 0.1) is 36.2 Å². The van der Waals surface area contributed by atoms with Crippen molar-refractivity contribution in [2.24, 2.45) is 0 Å². The number of aryl methyl sites for hydroxylation is 1. The van der Waals surface area contributed by atoms with Crippen LogP contribution in [-0.4, -0.2) is 45.4 Å². The highest BCUT2D eigenvalue weighted by Gasteiger charge is 2.48. The van der Waals surface area contributed by atoms with Crippen molar-refractivity contribution < 1.29 is 14.3 Å². The zero-order chi connectivity index (χ0) is 21.6. The molecule has 32 heavy (non-hydrogen) atoms. The van der Waals surface area contributed by atoms with Gasteiger partial charge < -0.3 is 14.8 Å². The van der Waals surface area contributed by atoms with E-state index in [1.54, 1.807) is 0 Å². The molecule has 4 heterocycles. The maximum Gasteiger partial charge on any atom is 0.168 e. The monoisotopic (exact) mass is 439 g/mol. The molecule has 2 aliphatic heterocycles. The van der Waals surface area contributed by atoms with E-state index in [1.807, 2.05) is 17.1 Å². The summed E-state index contributed by atoms with van der Waals surface area (Å²) in [6.45, 7) is 4.29. The molecule has 0 amide bonds. The highest BCUT2D eigenvalue weighted by molar-refractivity contribution is 5.95. The molecule has 2 spiro atoms. The number of rotatable bonds is 4. The Balaban J connectivity index is 1.33. The average molecular weight is 440 g/mol. The van der Waals surface area contributed by atoms with Crippen molar-refractivity contribution in [1.29, 1.82) is 0 Å². The fourth-order valence-electron chi connectivity index (χ4n) is 5.77. The van der Waals surface area contributed by atoms with Crippen molar-refractivity contribution in [3.63, 3.8) is 0 Å². The zero-order valence-corrected chi connectivity index (χ0v) is 18.9. The Hall–Kier alpha value is -2.16. The van der Waals surface area contributed by atoms with E-state index in [0.717, 1.165) is 60.2 Å². The van der Waals surface area contributed by atoms with Crippen LogP contribution in [0.25, 0.3) is 16.7 Å². The van der Waals surface area contributed by atoms with Gasteiger partial charge in [0.2, 0.25) is 0 Å². The molecule has 0 aromatic carbocycles. The number of pyridine rings is 1. The molecule has 2 aliphatic carbocycles. The second-order valence-corrected chi connectivity index (χ2v) is 9.66. The molecule has 0 unspecified atom stereocenters. The second-order valence-electron chi connectivity index (χ2n) is 9.66. The molecule has 0 radical (unpaired) electrons. The maximum absolute atomic E-state index is 6.20. The molecule has 1 saturated heterocycles. The number of nitrogens with one attached hydrogen (secondary N) is 2. The van der Waals surface area contributed by atoms with Crippen LogP contribution in [-0.2, 0) is 20.9 Å². The van der Waals surface area contributed by atoms with Gasteiger partial charge in [0.25, 0.3) is 0 Å². The van der Waals surface area contributed by atoms with Gasteiger partial charge >= 0.3 is 0 Å². The lowest BCUT2D eigenvalue weighted by atomic mass is 9.81. The van der Waals surface area contributed by atoms with Crippen LogP contribution in [0, 0.1) is 0 Å². The molecule has 0 bridgehead atoms. The van der Waals surface area contributed by atoms with Crippen LogP contribution in [0.15, 0.2) is 18.5 Å². The summed E-state index contributed by atoms with van der Waals surface area (Å²) in [5.41, 5.74) is 7.03. The molecule has 2 saturated carbocycles. The Labute approximate surface area is 188 Å². The smallest absolute Gasteiger partial charge is 0.168 e. The number of hydroxylamine groups is 1. The van der Waals surface area contributed by atoms with Crippen LogP contribution in [0.2, 0.25) is 0 Å². The minimum absolute atomic E-state index is 0.319. The molecule has 8 nitrogen and oxygen atoms in total. The van der Waals surface area contributed by atoms with E-state index in [2.05, 4.69) is 28.9 Å². The normalized spacial score (nSPS) is 24.8. The first-order valence-electron chi connectivity index (χ1n) is 12.3. The van der Waals surface area contributed by atoms with E-state index >= 15 is 0 Å². The van der Waals surface area contributed by atoms with E-state index in [9.17, 15) is 0 Å². The fourth-order valence-corrected chi connectivity index (χ4v) is 5.77. The van der Waals surface area contributed by atoms with Crippen LogP contribution in [0.4, 0.5) is 5.69 Å². The van der Waals surface area contributed by atoms with E-state index in [1.165, 1.54) is 32.1 Å². The minimum atomic E-state index is -0.395. The van der Waals surface area contributed by atoms with Gasteiger partial charge in [-0.2, -0.15) is 5.10 Å². The predicted octanol–water partition coefficient (Wildman–Crippen LogP) is 4.13. The number of hydrogen-bond acceptors (Lipinski definition) is 7. The molecule has 2 aromatic heterocycles. The van der Waals surface area contributed by atoms with Gasteiger partial charge in [0.1, 0.15) is 5.60 Å². The van der Waals surface area contributed by atoms with Crippen LogP contribution in [0.3, 0.4) is 0 Å². The first kappa shape index (κ1) is 20.4. The van der Waals surface area contributed by atoms with E-state index in [-0.39, 0.29) is 5.60 Å². The predicted molar refractivity (Wildman–Crippen MR) is 122 cm³/mol. The van der Waals surface area contributed by atoms with Crippen LogP contribution >= 0.6 is 0 Å². The van der Waals surface area contributed by atoms with Gasteiger partial charge in [0, 0.05) is 37.2 Å². The SMILES string of the molecule is CCn1ncc2c(NC3CCCCC3)c(C3=CC4(CCC5(CC4)OCCO5)ON3)cnc21. The molecule has 2 aromatic rings. The number of aromatic nitrogens is 3. The van der Waals surface area contributed by atoms with Gasteiger partial charge in [0.15, 0.2) is 11.4 Å². The van der Waals surface area contributed by atoms with Crippen molar-refractivity contribution in [1.82, 2.24) is 20.2 Å². The van der Waals surface area contributed by atoms with E-state index < -0.39 is 5.79 Å². The van der Waals surface area contributed by atoms with Crippen molar-refractivity contribution in [3.8, 4) is 0 Å². The molecule has 0 atom stereocenters. The minimum Gasteiger partial charge on any atom is -0.381 e. The quantitative estimate of drug-likeness (QED) is 0.741. The molecule has 3 fully saturated rings. The number of ether oxygens (including phenoxy) is 2. The Morgan fingerprint density at radius 1 is 1.09 bits per heavy atom. The van der Waals surface area contributed by atoms with Crippen LogP contribution < -0.4 is 10.8 Å². The summed E-state index contributed by atoms with van der Waals surface area (Å²) in [7, 11) is 0. The van der Waals surface area contributed by atoms with Gasteiger partial charge in [-0.15, -0.1) is 0 Å². The average Bonchev–Trinajstić information content (AvgIpc) is 3.56. The molecule has 2 N–H and O–H groups in total. The van der Waals surface area contributed by atoms with Gasteiger partial charge in [-0.25, -0.2) is 9.67 Å².